The average molecular weight is 325 g/mol. The predicted octanol–water partition coefficient (Wildman–Crippen LogP) is 3.32. The number of esters is 1. The van der Waals surface area contributed by atoms with Gasteiger partial charge in [0.15, 0.2) is 5.78 Å². The molecule has 2 rings (SSSR count). The fourth-order valence-electron chi connectivity index (χ4n) is 2.21. The molecule has 2 aromatic carbocycles. The Balaban J connectivity index is 2.42. The zero-order valence-corrected chi connectivity index (χ0v) is 13.2. The third-order valence-corrected chi connectivity index (χ3v) is 3.50. The minimum absolute atomic E-state index is 0.0818. The number of carbonyl (C=O) groups is 2. The van der Waals surface area contributed by atoms with Crippen LogP contribution < -0.4 is 0 Å². The summed E-state index contributed by atoms with van der Waals surface area (Å²) in [5, 5.41) is 10.7. The molecule has 0 bridgehead atoms. The normalized spacial score (nSPS) is 10.6. The summed E-state index contributed by atoms with van der Waals surface area (Å²) in [4.78, 5) is 34.2. The number of ether oxygens (including phenoxy) is 1. The van der Waals surface area contributed by atoms with E-state index in [-0.39, 0.29) is 11.5 Å². The van der Waals surface area contributed by atoms with Gasteiger partial charge >= 0.3 is 5.97 Å². The van der Waals surface area contributed by atoms with E-state index in [0.717, 1.165) is 5.56 Å². The van der Waals surface area contributed by atoms with Crippen molar-refractivity contribution in [3.05, 3.63) is 80.9 Å². The maximum absolute atomic E-state index is 12.7. The van der Waals surface area contributed by atoms with Crippen LogP contribution in [0.25, 0.3) is 6.08 Å². The number of non-ortho nitro benzene ring substituents is 1. The van der Waals surface area contributed by atoms with Gasteiger partial charge in [0.05, 0.1) is 12.0 Å². The van der Waals surface area contributed by atoms with Crippen LogP contribution >= 0.6 is 0 Å². The highest BCUT2D eigenvalue weighted by molar-refractivity contribution is 6.11. The number of rotatable bonds is 5. The lowest BCUT2D eigenvalue weighted by Crippen LogP contribution is -2.05. The highest BCUT2D eigenvalue weighted by Crippen LogP contribution is 2.21. The molecule has 6 heteroatoms. The molecule has 0 fully saturated rings. The Kier molecular flexibility index (Phi) is 5.21. The van der Waals surface area contributed by atoms with Crippen molar-refractivity contribution in [2.75, 3.05) is 7.11 Å². The van der Waals surface area contributed by atoms with Crippen molar-refractivity contribution in [2.45, 2.75) is 6.92 Å². The van der Waals surface area contributed by atoms with E-state index in [9.17, 15) is 19.7 Å². The summed E-state index contributed by atoms with van der Waals surface area (Å²) < 4.78 is 4.56. The lowest BCUT2D eigenvalue weighted by atomic mass is 9.94. The second-order valence-corrected chi connectivity index (χ2v) is 5.03. The summed E-state index contributed by atoms with van der Waals surface area (Å²) in [6.45, 7) is 1.82. The van der Waals surface area contributed by atoms with Crippen LogP contribution in [0.5, 0.6) is 0 Å². The quantitative estimate of drug-likeness (QED) is 0.277. The van der Waals surface area contributed by atoms with Crippen LogP contribution in [0.3, 0.4) is 0 Å². The summed E-state index contributed by atoms with van der Waals surface area (Å²) >= 11 is 0. The molecule has 24 heavy (non-hydrogen) atoms. The third kappa shape index (κ3) is 3.73. The molecule has 0 unspecified atom stereocenters. The molecule has 0 aliphatic heterocycles. The van der Waals surface area contributed by atoms with E-state index in [2.05, 4.69) is 4.74 Å². The highest BCUT2D eigenvalue weighted by atomic mass is 16.6. The number of hydrogen-bond donors (Lipinski definition) is 0. The minimum atomic E-state index is -0.522. The van der Waals surface area contributed by atoms with Crippen LogP contribution in [0.4, 0.5) is 5.69 Å². The molecular formula is C18H15NO5. The smallest absolute Gasteiger partial charge is 0.330 e. The number of aryl methyl sites for hydroxylation is 1. The van der Waals surface area contributed by atoms with Crippen molar-refractivity contribution in [1.82, 2.24) is 0 Å². The number of nitro benzene ring substituents is 1. The van der Waals surface area contributed by atoms with Gasteiger partial charge in [0, 0.05) is 29.3 Å². The number of hydrogen-bond acceptors (Lipinski definition) is 5. The molecular weight excluding hydrogens is 310 g/mol. The average Bonchev–Trinajstić information content (AvgIpc) is 2.59. The van der Waals surface area contributed by atoms with Crippen LogP contribution in [-0.4, -0.2) is 23.8 Å². The standard InChI is InChI=1S/C18H15NO5/c1-12-4-3-5-16(15(12)10-11-17(20)24-2)18(21)13-6-8-14(9-7-13)19(22)23/h3-11H,1-2H3/b11-10+. The predicted molar refractivity (Wildman–Crippen MR) is 88.8 cm³/mol. The summed E-state index contributed by atoms with van der Waals surface area (Å²) in [5.41, 5.74) is 2.08. The summed E-state index contributed by atoms with van der Waals surface area (Å²) in [6, 6.07) is 10.6. The van der Waals surface area contributed by atoms with Crippen molar-refractivity contribution >= 4 is 23.5 Å². The van der Waals surface area contributed by atoms with Crippen molar-refractivity contribution < 1.29 is 19.2 Å². The molecule has 122 valence electrons. The SMILES string of the molecule is COC(=O)/C=C/c1c(C)cccc1C(=O)c1ccc([N+](=O)[O-])cc1. The van der Waals surface area contributed by atoms with Crippen molar-refractivity contribution in [3.8, 4) is 0 Å². The van der Waals surface area contributed by atoms with Gasteiger partial charge in [-0.15, -0.1) is 0 Å². The first kappa shape index (κ1) is 17.1. The largest absolute Gasteiger partial charge is 0.466 e. The second-order valence-electron chi connectivity index (χ2n) is 5.03. The number of benzene rings is 2. The highest BCUT2D eigenvalue weighted by Gasteiger charge is 2.15. The van der Waals surface area contributed by atoms with E-state index in [4.69, 9.17) is 0 Å². The van der Waals surface area contributed by atoms with Crippen LogP contribution in [0.1, 0.15) is 27.0 Å². The molecule has 0 atom stereocenters. The molecule has 0 saturated carbocycles. The fourth-order valence-corrected chi connectivity index (χ4v) is 2.21. The van der Waals surface area contributed by atoms with E-state index in [1.807, 2.05) is 13.0 Å². The number of methoxy groups -OCH3 is 1. The number of nitro groups is 1. The molecule has 0 saturated heterocycles. The Labute approximate surface area is 138 Å². The first-order valence-electron chi connectivity index (χ1n) is 7.09. The molecule has 0 aromatic heterocycles. The Bertz CT molecular complexity index is 822. The van der Waals surface area contributed by atoms with Crippen molar-refractivity contribution in [3.63, 3.8) is 0 Å². The van der Waals surface area contributed by atoms with Crippen molar-refractivity contribution in [1.29, 1.82) is 0 Å². The Hall–Kier alpha value is -3.28. The molecule has 0 aliphatic carbocycles. The monoisotopic (exact) mass is 325 g/mol. The molecule has 0 aliphatic rings. The second kappa shape index (κ2) is 7.32. The zero-order valence-electron chi connectivity index (χ0n) is 13.2. The zero-order chi connectivity index (χ0) is 17.7. The lowest BCUT2D eigenvalue weighted by molar-refractivity contribution is -0.384. The number of ketones is 1. The van der Waals surface area contributed by atoms with Gasteiger partial charge in [-0.2, -0.15) is 0 Å². The van der Waals surface area contributed by atoms with Crippen LogP contribution in [0.15, 0.2) is 48.5 Å². The Morgan fingerprint density at radius 2 is 1.79 bits per heavy atom. The van der Waals surface area contributed by atoms with Crippen LogP contribution in [-0.2, 0) is 9.53 Å². The van der Waals surface area contributed by atoms with Gasteiger partial charge in [-0.1, -0.05) is 18.2 Å². The Morgan fingerprint density at radius 3 is 2.38 bits per heavy atom. The Morgan fingerprint density at radius 1 is 1.12 bits per heavy atom. The molecule has 0 spiro atoms. The lowest BCUT2D eigenvalue weighted by Gasteiger charge is -2.08. The van der Waals surface area contributed by atoms with Gasteiger partial charge in [-0.3, -0.25) is 14.9 Å². The van der Waals surface area contributed by atoms with Gasteiger partial charge in [-0.25, -0.2) is 4.79 Å². The van der Waals surface area contributed by atoms with Gasteiger partial charge in [-0.05, 0) is 36.3 Å². The van der Waals surface area contributed by atoms with E-state index in [0.29, 0.717) is 16.7 Å². The van der Waals surface area contributed by atoms with Gasteiger partial charge in [0.2, 0.25) is 0 Å². The fraction of sp³-hybridized carbons (Fsp3) is 0.111. The molecule has 0 radical (unpaired) electrons. The molecule has 6 nitrogen and oxygen atoms in total. The van der Waals surface area contributed by atoms with Gasteiger partial charge in [0.1, 0.15) is 0 Å². The summed E-state index contributed by atoms with van der Waals surface area (Å²) in [6.07, 6.45) is 2.77. The molecule has 0 heterocycles. The van der Waals surface area contributed by atoms with Crippen molar-refractivity contribution in [2.24, 2.45) is 0 Å². The van der Waals surface area contributed by atoms with E-state index < -0.39 is 10.9 Å². The van der Waals surface area contributed by atoms with Crippen LogP contribution in [0.2, 0.25) is 0 Å². The van der Waals surface area contributed by atoms with E-state index in [1.54, 1.807) is 12.1 Å². The van der Waals surface area contributed by atoms with Crippen LogP contribution in [0, 0.1) is 17.0 Å². The molecule has 0 amide bonds. The summed E-state index contributed by atoms with van der Waals surface area (Å²) in [5.74, 6) is -0.801. The first-order valence-corrected chi connectivity index (χ1v) is 7.09. The number of carbonyl (C=O) groups excluding carboxylic acids is 2. The maximum Gasteiger partial charge on any atom is 0.330 e. The number of nitrogens with zero attached hydrogens (tertiary/aromatic N) is 1. The van der Waals surface area contributed by atoms with E-state index in [1.165, 1.54) is 43.5 Å². The molecule has 0 N–H and O–H groups in total. The molecule has 2 aromatic rings. The first-order chi connectivity index (χ1) is 11.4. The van der Waals surface area contributed by atoms with Gasteiger partial charge < -0.3 is 4.74 Å². The topological polar surface area (TPSA) is 86.5 Å². The minimum Gasteiger partial charge on any atom is -0.466 e. The summed E-state index contributed by atoms with van der Waals surface area (Å²) in [7, 11) is 1.27. The van der Waals surface area contributed by atoms with Gasteiger partial charge in [0.25, 0.3) is 5.69 Å². The van der Waals surface area contributed by atoms with E-state index >= 15 is 0 Å². The third-order valence-electron chi connectivity index (χ3n) is 3.50. The maximum atomic E-state index is 12.7.